The number of fused-ring (bicyclic) bond motifs is 3. The summed E-state index contributed by atoms with van der Waals surface area (Å²) in [4.78, 5) is 15.3. The van der Waals surface area contributed by atoms with Crippen molar-refractivity contribution in [3.05, 3.63) is 63.7 Å². The molecule has 0 amide bonds. The average Bonchev–Trinajstić information content (AvgIpc) is 3.12. The van der Waals surface area contributed by atoms with E-state index in [9.17, 15) is 20.6 Å². The predicted molar refractivity (Wildman–Crippen MR) is 105 cm³/mol. The summed E-state index contributed by atoms with van der Waals surface area (Å²) in [6.45, 7) is 0. The fourth-order valence-corrected chi connectivity index (χ4v) is 3.41. The number of nitro benzene ring substituents is 1. The zero-order chi connectivity index (χ0) is 20.7. The molecule has 0 unspecified atom stereocenters. The minimum absolute atomic E-state index is 0.0386. The van der Waals surface area contributed by atoms with Crippen molar-refractivity contribution in [3.8, 4) is 29.0 Å². The van der Waals surface area contributed by atoms with Gasteiger partial charge in [0.15, 0.2) is 11.4 Å². The van der Waals surface area contributed by atoms with Crippen molar-refractivity contribution in [2.24, 2.45) is 0 Å². The molecule has 2 heterocycles. The second-order valence-corrected chi connectivity index (χ2v) is 6.14. The number of anilines is 1. The minimum Gasteiger partial charge on any atom is -0.490 e. The number of aromatic nitrogens is 2. The van der Waals surface area contributed by atoms with Gasteiger partial charge in [-0.3, -0.25) is 14.5 Å². The maximum absolute atomic E-state index is 11.4. The molecule has 0 spiro atoms. The van der Waals surface area contributed by atoms with Gasteiger partial charge in [-0.25, -0.2) is 4.98 Å². The number of nitrogens with two attached hydrogens (primary N) is 1. The molecule has 2 aromatic carbocycles. The second-order valence-electron chi connectivity index (χ2n) is 6.14. The first-order valence-electron chi connectivity index (χ1n) is 8.37. The van der Waals surface area contributed by atoms with E-state index in [-0.39, 0.29) is 39.6 Å². The summed E-state index contributed by atoms with van der Waals surface area (Å²) >= 11 is 0. The van der Waals surface area contributed by atoms with Gasteiger partial charge in [0.1, 0.15) is 29.1 Å². The van der Waals surface area contributed by atoms with Crippen LogP contribution in [0.3, 0.4) is 0 Å². The van der Waals surface area contributed by atoms with E-state index in [1.165, 1.54) is 19.2 Å². The summed E-state index contributed by atoms with van der Waals surface area (Å²) in [6.07, 6.45) is 0. The molecule has 0 aliphatic heterocycles. The molecule has 0 aliphatic rings. The number of nitrogens with zero attached hydrogens (tertiary/aromatic N) is 5. The molecule has 0 saturated carbocycles. The van der Waals surface area contributed by atoms with Crippen LogP contribution in [0.4, 0.5) is 11.5 Å². The lowest BCUT2D eigenvalue weighted by molar-refractivity contribution is -0.385. The molecule has 140 valence electrons. The Morgan fingerprint density at radius 1 is 1.17 bits per heavy atom. The standard InChI is InChI=1S/C20H12N6O3/c1-29-17-7-6-11(8-16(17)26(27)28)18-12(9-21)19(23)25-15-5-3-2-4-14(15)24-20(25)13(18)10-22/h2-8H,23H2,1H3. The number of hydrogen-bond acceptors (Lipinski definition) is 7. The molecule has 2 aromatic heterocycles. The summed E-state index contributed by atoms with van der Waals surface area (Å²) in [5.74, 6) is 0.167. The van der Waals surface area contributed by atoms with Crippen LogP contribution in [0.1, 0.15) is 11.1 Å². The number of methoxy groups -OCH3 is 1. The highest BCUT2D eigenvalue weighted by Gasteiger charge is 2.25. The zero-order valence-corrected chi connectivity index (χ0v) is 15.1. The molecule has 0 saturated heterocycles. The van der Waals surface area contributed by atoms with E-state index in [0.29, 0.717) is 16.6 Å². The van der Waals surface area contributed by atoms with Gasteiger partial charge in [0.05, 0.1) is 23.1 Å². The Hall–Kier alpha value is -4.63. The van der Waals surface area contributed by atoms with Gasteiger partial charge >= 0.3 is 5.69 Å². The first-order valence-corrected chi connectivity index (χ1v) is 8.37. The number of nitriles is 2. The quantitative estimate of drug-likeness (QED) is 0.421. The van der Waals surface area contributed by atoms with E-state index in [1.54, 1.807) is 34.7 Å². The summed E-state index contributed by atoms with van der Waals surface area (Å²) in [5, 5.41) is 31.1. The van der Waals surface area contributed by atoms with E-state index in [0.717, 1.165) is 0 Å². The van der Waals surface area contributed by atoms with Crippen LogP contribution in [-0.2, 0) is 0 Å². The number of benzene rings is 2. The third kappa shape index (κ3) is 2.50. The molecule has 0 aliphatic carbocycles. The highest BCUT2D eigenvalue weighted by molar-refractivity contribution is 5.93. The third-order valence-electron chi connectivity index (χ3n) is 4.67. The molecule has 4 rings (SSSR count). The lowest BCUT2D eigenvalue weighted by Crippen LogP contribution is -2.06. The number of imidazole rings is 1. The number of rotatable bonds is 3. The van der Waals surface area contributed by atoms with Crippen LogP contribution < -0.4 is 10.5 Å². The summed E-state index contributed by atoms with van der Waals surface area (Å²) in [7, 11) is 1.32. The Labute approximate surface area is 163 Å². The fraction of sp³-hybridized carbons (Fsp3) is 0.0500. The number of nitro groups is 1. The average molecular weight is 384 g/mol. The van der Waals surface area contributed by atoms with Gasteiger partial charge in [-0.15, -0.1) is 0 Å². The lowest BCUT2D eigenvalue weighted by Gasteiger charge is -2.13. The van der Waals surface area contributed by atoms with Gasteiger partial charge < -0.3 is 10.5 Å². The Kier molecular flexibility index (Phi) is 3.99. The number of para-hydroxylation sites is 2. The topological polar surface area (TPSA) is 143 Å². The van der Waals surface area contributed by atoms with Gasteiger partial charge in [0, 0.05) is 11.6 Å². The Morgan fingerprint density at radius 3 is 2.55 bits per heavy atom. The highest BCUT2D eigenvalue weighted by atomic mass is 16.6. The summed E-state index contributed by atoms with van der Waals surface area (Å²) in [5.41, 5.74) is 8.17. The van der Waals surface area contributed by atoms with Crippen LogP contribution in [-0.4, -0.2) is 21.4 Å². The fourth-order valence-electron chi connectivity index (χ4n) is 3.41. The lowest BCUT2D eigenvalue weighted by atomic mass is 9.95. The Morgan fingerprint density at radius 2 is 1.90 bits per heavy atom. The van der Waals surface area contributed by atoms with Gasteiger partial charge in [-0.1, -0.05) is 18.2 Å². The SMILES string of the molecule is COc1ccc(-c2c(C#N)c(N)n3c(nc4ccccc43)c2C#N)cc1[N+](=O)[O-]. The summed E-state index contributed by atoms with van der Waals surface area (Å²) < 4.78 is 6.58. The van der Waals surface area contributed by atoms with Crippen molar-refractivity contribution in [2.45, 2.75) is 0 Å². The molecule has 4 aromatic rings. The van der Waals surface area contributed by atoms with Crippen molar-refractivity contribution in [3.63, 3.8) is 0 Å². The van der Waals surface area contributed by atoms with E-state index >= 15 is 0 Å². The molecule has 0 atom stereocenters. The molecular formula is C20H12N6O3. The van der Waals surface area contributed by atoms with Crippen molar-refractivity contribution in [2.75, 3.05) is 12.8 Å². The van der Waals surface area contributed by atoms with Crippen LogP contribution in [0.2, 0.25) is 0 Å². The molecule has 9 nitrogen and oxygen atoms in total. The van der Waals surface area contributed by atoms with Crippen molar-refractivity contribution < 1.29 is 9.66 Å². The van der Waals surface area contributed by atoms with Crippen LogP contribution in [0.5, 0.6) is 5.75 Å². The van der Waals surface area contributed by atoms with Crippen molar-refractivity contribution in [1.82, 2.24) is 9.38 Å². The molecule has 2 N–H and O–H groups in total. The largest absolute Gasteiger partial charge is 0.490 e. The van der Waals surface area contributed by atoms with Gasteiger partial charge in [0.25, 0.3) is 0 Å². The molecule has 0 bridgehead atoms. The Balaban J connectivity index is 2.18. The number of hydrogen-bond donors (Lipinski definition) is 1. The number of ether oxygens (including phenoxy) is 1. The van der Waals surface area contributed by atoms with Gasteiger partial charge in [-0.05, 0) is 23.8 Å². The maximum Gasteiger partial charge on any atom is 0.311 e. The Bertz CT molecular complexity index is 1410. The molecule has 0 radical (unpaired) electrons. The highest BCUT2D eigenvalue weighted by Crippen LogP contribution is 2.39. The van der Waals surface area contributed by atoms with Crippen LogP contribution in [0.25, 0.3) is 27.8 Å². The van der Waals surface area contributed by atoms with E-state index in [1.807, 2.05) is 6.07 Å². The molecule has 0 fully saturated rings. The predicted octanol–water partition coefficient (Wildman–Crippen LogP) is 3.40. The van der Waals surface area contributed by atoms with Crippen LogP contribution in [0, 0.1) is 32.8 Å². The smallest absolute Gasteiger partial charge is 0.311 e. The summed E-state index contributed by atoms with van der Waals surface area (Å²) in [6, 6.07) is 15.5. The zero-order valence-electron chi connectivity index (χ0n) is 15.1. The van der Waals surface area contributed by atoms with E-state index in [4.69, 9.17) is 10.5 Å². The van der Waals surface area contributed by atoms with E-state index in [2.05, 4.69) is 11.1 Å². The monoisotopic (exact) mass is 384 g/mol. The minimum atomic E-state index is -0.591. The van der Waals surface area contributed by atoms with Gasteiger partial charge in [0.2, 0.25) is 0 Å². The molecule has 9 heteroatoms. The van der Waals surface area contributed by atoms with E-state index < -0.39 is 4.92 Å². The normalized spacial score (nSPS) is 10.6. The van der Waals surface area contributed by atoms with Crippen LogP contribution in [0.15, 0.2) is 42.5 Å². The van der Waals surface area contributed by atoms with Crippen LogP contribution >= 0.6 is 0 Å². The first kappa shape index (κ1) is 17.8. The molecular weight excluding hydrogens is 372 g/mol. The van der Waals surface area contributed by atoms with Crippen molar-refractivity contribution >= 4 is 28.2 Å². The number of pyridine rings is 1. The molecule has 29 heavy (non-hydrogen) atoms. The third-order valence-corrected chi connectivity index (χ3v) is 4.67. The second kappa shape index (κ2) is 6.51. The van der Waals surface area contributed by atoms with Crippen molar-refractivity contribution in [1.29, 1.82) is 10.5 Å². The maximum atomic E-state index is 11.4. The number of nitrogen functional groups attached to an aromatic ring is 1. The van der Waals surface area contributed by atoms with Gasteiger partial charge in [-0.2, -0.15) is 10.5 Å². The first-order chi connectivity index (χ1) is 14.0.